The van der Waals surface area contributed by atoms with Crippen LogP contribution in [0.15, 0.2) is 36.1 Å². The van der Waals surface area contributed by atoms with E-state index in [1.807, 2.05) is 17.5 Å². The Balaban J connectivity index is 1.53. The Kier molecular flexibility index (Phi) is 3.34. The minimum absolute atomic E-state index is 0.434. The Labute approximate surface area is 131 Å². The highest BCUT2D eigenvalue weighted by Crippen LogP contribution is 2.29. The predicted molar refractivity (Wildman–Crippen MR) is 86.0 cm³/mol. The molecule has 1 saturated heterocycles. The van der Waals surface area contributed by atoms with Crippen molar-refractivity contribution in [2.75, 3.05) is 36.0 Å². The molecule has 0 atom stereocenters. The highest BCUT2D eigenvalue weighted by Gasteiger charge is 2.20. The smallest absolute Gasteiger partial charge is 0.214 e. The monoisotopic (exact) mass is 315 g/mol. The summed E-state index contributed by atoms with van der Waals surface area (Å²) in [5.41, 5.74) is 1.88. The van der Waals surface area contributed by atoms with E-state index in [-0.39, 0.29) is 0 Å². The first-order chi connectivity index (χ1) is 10.8. The number of hydrogen-bond donors (Lipinski definition) is 0. The second kappa shape index (κ2) is 5.49. The number of thiophene rings is 1. The number of fused-ring (bicyclic) bond motifs is 1. The van der Waals surface area contributed by atoms with Crippen LogP contribution in [0.4, 0.5) is 15.9 Å². The molecule has 0 aromatic carbocycles. The molecule has 3 aromatic heterocycles. The second-order valence-corrected chi connectivity index (χ2v) is 6.06. The molecule has 0 aliphatic carbocycles. The zero-order valence-electron chi connectivity index (χ0n) is 11.8. The topological polar surface area (TPSA) is 45.2 Å². The standard InChI is InChI=1S/C15H14FN5S/c16-13-9-11(1-3-17-13)20-4-6-21(7-5-20)15-14-12(2-8-22-14)18-10-19-15/h1-3,8-10H,4-7H2. The minimum Gasteiger partial charge on any atom is -0.368 e. The third kappa shape index (κ3) is 2.37. The summed E-state index contributed by atoms with van der Waals surface area (Å²) in [5.74, 6) is 0.566. The number of rotatable bonds is 2. The van der Waals surface area contributed by atoms with Crippen LogP contribution in [0, 0.1) is 5.95 Å². The van der Waals surface area contributed by atoms with E-state index >= 15 is 0 Å². The summed E-state index contributed by atoms with van der Waals surface area (Å²) in [6.45, 7) is 3.38. The number of halogens is 1. The number of nitrogens with zero attached hydrogens (tertiary/aromatic N) is 5. The van der Waals surface area contributed by atoms with E-state index in [9.17, 15) is 4.39 Å². The van der Waals surface area contributed by atoms with Crippen molar-refractivity contribution >= 4 is 33.1 Å². The fourth-order valence-corrected chi connectivity index (χ4v) is 3.63. The van der Waals surface area contributed by atoms with Gasteiger partial charge < -0.3 is 9.80 Å². The first kappa shape index (κ1) is 13.4. The van der Waals surface area contributed by atoms with Gasteiger partial charge in [-0.2, -0.15) is 4.39 Å². The van der Waals surface area contributed by atoms with E-state index in [2.05, 4.69) is 24.8 Å². The Bertz CT molecular complexity index is 797. The van der Waals surface area contributed by atoms with Crippen LogP contribution in [0.2, 0.25) is 0 Å². The van der Waals surface area contributed by atoms with Gasteiger partial charge in [0.1, 0.15) is 12.1 Å². The molecule has 0 N–H and O–H groups in total. The molecule has 4 rings (SSSR count). The zero-order chi connectivity index (χ0) is 14.9. The maximum Gasteiger partial charge on any atom is 0.214 e. The third-order valence-electron chi connectivity index (χ3n) is 3.88. The van der Waals surface area contributed by atoms with Crippen LogP contribution in [0.3, 0.4) is 0 Å². The lowest BCUT2D eigenvalue weighted by Gasteiger charge is -2.36. The fourth-order valence-electron chi connectivity index (χ4n) is 2.77. The van der Waals surface area contributed by atoms with Gasteiger partial charge in [0.25, 0.3) is 0 Å². The summed E-state index contributed by atoms with van der Waals surface area (Å²) < 4.78 is 14.4. The van der Waals surface area contributed by atoms with Crippen molar-refractivity contribution in [3.05, 3.63) is 42.1 Å². The van der Waals surface area contributed by atoms with Crippen LogP contribution in [0.1, 0.15) is 0 Å². The molecule has 1 aliphatic rings. The van der Waals surface area contributed by atoms with Crippen molar-refractivity contribution in [2.24, 2.45) is 0 Å². The summed E-state index contributed by atoms with van der Waals surface area (Å²) in [6, 6.07) is 5.35. The molecule has 3 aromatic rings. The van der Waals surface area contributed by atoms with E-state index in [4.69, 9.17) is 0 Å². The maximum absolute atomic E-state index is 13.2. The van der Waals surface area contributed by atoms with Crippen molar-refractivity contribution < 1.29 is 4.39 Å². The molecule has 0 unspecified atom stereocenters. The molecule has 0 amide bonds. The summed E-state index contributed by atoms with van der Waals surface area (Å²) in [6.07, 6.45) is 3.13. The van der Waals surface area contributed by atoms with Crippen molar-refractivity contribution in [3.63, 3.8) is 0 Å². The van der Waals surface area contributed by atoms with E-state index < -0.39 is 5.95 Å². The summed E-state index contributed by atoms with van der Waals surface area (Å²) in [7, 11) is 0. The average molecular weight is 315 g/mol. The first-order valence-corrected chi connectivity index (χ1v) is 7.99. The third-order valence-corrected chi connectivity index (χ3v) is 4.78. The highest BCUT2D eigenvalue weighted by molar-refractivity contribution is 7.17. The van der Waals surface area contributed by atoms with Crippen molar-refractivity contribution in [3.8, 4) is 0 Å². The van der Waals surface area contributed by atoms with Crippen LogP contribution in [-0.4, -0.2) is 41.1 Å². The highest BCUT2D eigenvalue weighted by atomic mass is 32.1. The van der Waals surface area contributed by atoms with Gasteiger partial charge in [-0.1, -0.05) is 0 Å². The normalized spacial score (nSPS) is 15.5. The van der Waals surface area contributed by atoms with E-state index in [1.165, 1.54) is 12.3 Å². The van der Waals surface area contributed by atoms with Crippen LogP contribution in [0.5, 0.6) is 0 Å². The quantitative estimate of drug-likeness (QED) is 0.680. The Morgan fingerprint density at radius 3 is 2.64 bits per heavy atom. The van der Waals surface area contributed by atoms with Gasteiger partial charge in [0, 0.05) is 44.1 Å². The number of anilines is 2. The Morgan fingerprint density at radius 1 is 1.00 bits per heavy atom. The molecule has 1 aliphatic heterocycles. The molecule has 1 fully saturated rings. The molecular weight excluding hydrogens is 301 g/mol. The molecule has 0 saturated carbocycles. The molecular formula is C15H14FN5S. The number of aromatic nitrogens is 3. The Hall–Kier alpha value is -2.28. The number of hydrogen-bond acceptors (Lipinski definition) is 6. The molecule has 0 bridgehead atoms. The second-order valence-electron chi connectivity index (χ2n) is 5.14. The van der Waals surface area contributed by atoms with Gasteiger partial charge >= 0.3 is 0 Å². The lowest BCUT2D eigenvalue weighted by molar-refractivity contribution is 0.580. The number of piperazine rings is 1. The van der Waals surface area contributed by atoms with E-state index in [1.54, 1.807) is 17.7 Å². The molecule has 0 spiro atoms. The van der Waals surface area contributed by atoms with Gasteiger partial charge in [0.05, 0.1) is 10.2 Å². The molecule has 5 nitrogen and oxygen atoms in total. The summed E-state index contributed by atoms with van der Waals surface area (Å²) >= 11 is 1.67. The summed E-state index contributed by atoms with van der Waals surface area (Å²) in [4.78, 5) is 16.8. The van der Waals surface area contributed by atoms with Gasteiger partial charge in [0.15, 0.2) is 0 Å². The van der Waals surface area contributed by atoms with Gasteiger partial charge in [-0.15, -0.1) is 11.3 Å². The maximum atomic E-state index is 13.2. The Morgan fingerprint density at radius 2 is 1.82 bits per heavy atom. The molecule has 22 heavy (non-hydrogen) atoms. The van der Waals surface area contributed by atoms with Gasteiger partial charge in [-0.05, 0) is 17.5 Å². The largest absolute Gasteiger partial charge is 0.368 e. The van der Waals surface area contributed by atoms with Crippen LogP contribution >= 0.6 is 11.3 Å². The first-order valence-electron chi connectivity index (χ1n) is 7.11. The number of pyridine rings is 1. The van der Waals surface area contributed by atoms with Crippen LogP contribution in [-0.2, 0) is 0 Å². The van der Waals surface area contributed by atoms with E-state index in [0.29, 0.717) is 0 Å². The van der Waals surface area contributed by atoms with Crippen LogP contribution < -0.4 is 9.80 Å². The lowest BCUT2D eigenvalue weighted by Crippen LogP contribution is -2.46. The summed E-state index contributed by atoms with van der Waals surface area (Å²) in [5, 5.41) is 2.04. The minimum atomic E-state index is -0.434. The predicted octanol–water partition coefficient (Wildman–Crippen LogP) is 2.55. The van der Waals surface area contributed by atoms with Gasteiger partial charge in [0.2, 0.25) is 5.95 Å². The lowest BCUT2D eigenvalue weighted by atomic mass is 10.2. The van der Waals surface area contributed by atoms with E-state index in [0.717, 1.165) is 47.9 Å². The van der Waals surface area contributed by atoms with Crippen molar-refractivity contribution in [1.29, 1.82) is 0 Å². The average Bonchev–Trinajstić information content (AvgIpc) is 3.04. The molecule has 7 heteroatoms. The fraction of sp³-hybridized carbons (Fsp3) is 0.267. The van der Waals surface area contributed by atoms with Crippen molar-refractivity contribution in [2.45, 2.75) is 0 Å². The van der Waals surface area contributed by atoms with Crippen molar-refractivity contribution in [1.82, 2.24) is 15.0 Å². The zero-order valence-corrected chi connectivity index (χ0v) is 12.6. The van der Waals surface area contributed by atoms with Gasteiger partial charge in [-0.3, -0.25) is 0 Å². The molecule has 0 radical (unpaired) electrons. The SMILES string of the molecule is Fc1cc(N2CCN(c3ncnc4ccsc34)CC2)ccn1. The van der Waals surface area contributed by atoms with Gasteiger partial charge in [-0.25, -0.2) is 15.0 Å². The molecule has 4 heterocycles. The van der Waals surface area contributed by atoms with Crippen LogP contribution in [0.25, 0.3) is 10.2 Å². The molecule has 112 valence electrons.